The number of carbonyl (C=O) groups is 1. The number of nitrogens with zero attached hydrogens (tertiary/aromatic N) is 5. The highest BCUT2D eigenvalue weighted by Gasteiger charge is 2.23. The number of hydrogen-bond acceptors (Lipinski definition) is 4. The molecular weight excluding hydrogens is 301 g/mol. The fourth-order valence-corrected chi connectivity index (χ4v) is 2.68. The average Bonchev–Trinajstić information content (AvgIpc) is 2.87. The van der Waals surface area contributed by atoms with E-state index in [1.165, 1.54) is 28.7 Å². The number of para-hydroxylation sites is 1. The monoisotopic (exact) mass is 319 g/mol. The summed E-state index contributed by atoms with van der Waals surface area (Å²) in [6.07, 6.45) is 1.36. The Labute approximate surface area is 132 Å². The third kappa shape index (κ3) is 3.10. The van der Waals surface area contributed by atoms with Gasteiger partial charge in [-0.3, -0.25) is 9.36 Å². The van der Waals surface area contributed by atoms with Crippen molar-refractivity contribution in [2.24, 2.45) is 7.05 Å². The van der Waals surface area contributed by atoms with E-state index in [9.17, 15) is 14.0 Å². The number of hydrogen-bond donors (Lipinski definition) is 0. The zero-order valence-electron chi connectivity index (χ0n) is 12.9. The summed E-state index contributed by atoms with van der Waals surface area (Å²) < 4.78 is 16.3. The molecule has 0 unspecified atom stereocenters. The highest BCUT2D eigenvalue weighted by Crippen LogP contribution is 2.20. The van der Waals surface area contributed by atoms with Gasteiger partial charge in [0.1, 0.15) is 18.7 Å². The molecule has 3 rings (SSSR count). The van der Waals surface area contributed by atoms with Crippen LogP contribution in [0.5, 0.6) is 0 Å². The normalized spacial score (nSPS) is 15.0. The zero-order chi connectivity index (χ0) is 16.4. The minimum absolute atomic E-state index is 0.0215. The van der Waals surface area contributed by atoms with Gasteiger partial charge in [0.05, 0.1) is 5.69 Å². The van der Waals surface area contributed by atoms with Gasteiger partial charge in [0.15, 0.2) is 0 Å². The lowest BCUT2D eigenvalue weighted by molar-refractivity contribution is -0.132. The molecule has 0 bridgehead atoms. The van der Waals surface area contributed by atoms with Crippen molar-refractivity contribution in [3.8, 4) is 0 Å². The van der Waals surface area contributed by atoms with Crippen molar-refractivity contribution >= 4 is 11.6 Å². The molecule has 1 aliphatic rings. The summed E-state index contributed by atoms with van der Waals surface area (Å²) in [5, 5.41) is 3.82. The van der Waals surface area contributed by atoms with E-state index < -0.39 is 0 Å². The van der Waals surface area contributed by atoms with Gasteiger partial charge in [-0.25, -0.2) is 13.9 Å². The van der Waals surface area contributed by atoms with Crippen LogP contribution in [0, 0.1) is 5.82 Å². The molecule has 1 aromatic heterocycles. The van der Waals surface area contributed by atoms with Crippen molar-refractivity contribution < 1.29 is 9.18 Å². The SMILES string of the molecule is Cn1ncn(CC(=O)N2CCN(c3ccccc3F)CC2)c1=O. The van der Waals surface area contributed by atoms with E-state index in [0.717, 1.165) is 0 Å². The molecule has 0 spiro atoms. The number of benzene rings is 1. The molecule has 23 heavy (non-hydrogen) atoms. The van der Waals surface area contributed by atoms with Crippen LogP contribution in [0.25, 0.3) is 0 Å². The molecule has 1 aliphatic heterocycles. The molecule has 2 aromatic rings. The van der Waals surface area contributed by atoms with Gasteiger partial charge in [-0.2, -0.15) is 5.10 Å². The highest BCUT2D eigenvalue weighted by molar-refractivity contribution is 5.76. The Morgan fingerprint density at radius 3 is 2.52 bits per heavy atom. The van der Waals surface area contributed by atoms with Crippen LogP contribution in [0.4, 0.5) is 10.1 Å². The molecule has 7 nitrogen and oxygen atoms in total. The van der Waals surface area contributed by atoms with Crippen LogP contribution in [-0.4, -0.2) is 51.3 Å². The first-order valence-corrected chi connectivity index (χ1v) is 7.42. The standard InChI is InChI=1S/C15H18FN5O2/c1-18-15(23)21(11-17-18)10-14(22)20-8-6-19(7-9-20)13-5-3-2-4-12(13)16/h2-5,11H,6-10H2,1H3. The maximum atomic E-state index is 13.8. The maximum absolute atomic E-state index is 13.8. The Balaban J connectivity index is 1.60. The highest BCUT2D eigenvalue weighted by atomic mass is 19.1. The second kappa shape index (κ2) is 6.23. The lowest BCUT2D eigenvalue weighted by atomic mass is 10.2. The summed E-state index contributed by atoms with van der Waals surface area (Å²) in [7, 11) is 1.54. The van der Waals surface area contributed by atoms with E-state index in [1.807, 2.05) is 4.90 Å². The molecule has 0 radical (unpaired) electrons. The minimum Gasteiger partial charge on any atom is -0.366 e. The van der Waals surface area contributed by atoms with Crippen LogP contribution in [0.2, 0.25) is 0 Å². The van der Waals surface area contributed by atoms with Gasteiger partial charge >= 0.3 is 5.69 Å². The summed E-state index contributed by atoms with van der Waals surface area (Å²) in [5.41, 5.74) is 0.242. The predicted molar refractivity (Wildman–Crippen MR) is 82.7 cm³/mol. The fourth-order valence-electron chi connectivity index (χ4n) is 2.68. The van der Waals surface area contributed by atoms with Gasteiger partial charge in [-0.1, -0.05) is 12.1 Å². The van der Waals surface area contributed by atoms with Gasteiger partial charge in [-0.15, -0.1) is 0 Å². The van der Waals surface area contributed by atoms with Crippen LogP contribution < -0.4 is 10.6 Å². The first-order chi connectivity index (χ1) is 11.1. The Hall–Kier alpha value is -2.64. The van der Waals surface area contributed by atoms with Crippen molar-refractivity contribution in [2.45, 2.75) is 6.54 Å². The summed E-state index contributed by atoms with van der Waals surface area (Å²) in [6, 6.07) is 6.62. The largest absolute Gasteiger partial charge is 0.366 e. The van der Waals surface area contributed by atoms with Gasteiger partial charge in [0, 0.05) is 33.2 Å². The van der Waals surface area contributed by atoms with Crippen LogP contribution in [0.15, 0.2) is 35.4 Å². The van der Waals surface area contributed by atoms with Crippen LogP contribution in [-0.2, 0) is 18.4 Å². The van der Waals surface area contributed by atoms with E-state index >= 15 is 0 Å². The van der Waals surface area contributed by atoms with Crippen molar-refractivity contribution in [2.75, 3.05) is 31.1 Å². The molecule has 1 fully saturated rings. The van der Waals surface area contributed by atoms with E-state index in [0.29, 0.717) is 31.9 Å². The third-order valence-corrected chi connectivity index (χ3v) is 4.02. The second-order valence-corrected chi connectivity index (χ2v) is 5.48. The molecular formula is C15H18FN5O2. The molecule has 122 valence electrons. The Morgan fingerprint density at radius 1 is 1.22 bits per heavy atom. The number of piperazine rings is 1. The molecule has 0 atom stereocenters. The van der Waals surface area contributed by atoms with Crippen molar-refractivity contribution in [3.05, 3.63) is 46.9 Å². The number of anilines is 1. The first-order valence-electron chi connectivity index (χ1n) is 7.42. The Bertz CT molecular complexity index is 761. The number of halogens is 1. The number of carbonyl (C=O) groups excluding carboxylic acids is 1. The third-order valence-electron chi connectivity index (χ3n) is 4.02. The molecule has 0 N–H and O–H groups in total. The topological polar surface area (TPSA) is 63.4 Å². The molecule has 1 amide bonds. The average molecular weight is 319 g/mol. The number of aryl methyl sites for hydroxylation is 1. The van der Waals surface area contributed by atoms with E-state index in [1.54, 1.807) is 23.1 Å². The van der Waals surface area contributed by atoms with Crippen molar-refractivity contribution in [3.63, 3.8) is 0 Å². The zero-order valence-corrected chi connectivity index (χ0v) is 12.9. The predicted octanol–water partition coefficient (Wildman–Crippen LogP) is 0.0697. The summed E-state index contributed by atoms with van der Waals surface area (Å²) in [6.45, 7) is 2.11. The van der Waals surface area contributed by atoms with Gasteiger partial charge < -0.3 is 9.80 Å². The maximum Gasteiger partial charge on any atom is 0.345 e. The van der Waals surface area contributed by atoms with Crippen LogP contribution >= 0.6 is 0 Å². The first kappa shape index (κ1) is 15.3. The molecule has 0 saturated carbocycles. The molecule has 8 heteroatoms. The van der Waals surface area contributed by atoms with Crippen LogP contribution in [0.1, 0.15) is 0 Å². The summed E-state index contributed by atoms with van der Waals surface area (Å²) >= 11 is 0. The summed E-state index contributed by atoms with van der Waals surface area (Å²) in [4.78, 5) is 27.6. The summed E-state index contributed by atoms with van der Waals surface area (Å²) in [5.74, 6) is -0.387. The van der Waals surface area contributed by atoms with Crippen molar-refractivity contribution in [1.82, 2.24) is 19.2 Å². The van der Waals surface area contributed by atoms with Crippen molar-refractivity contribution in [1.29, 1.82) is 0 Å². The van der Waals surface area contributed by atoms with Crippen LogP contribution in [0.3, 0.4) is 0 Å². The molecule has 1 aromatic carbocycles. The van der Waals surface area contributed by atoms with Gasteiger partial charge in [0.25, 0.3) is 0 Å². The minimum atomic E-state index is -0.316. The Morgan fingerprint density at radius 2 is 1.91 bits per heavy atom. The Kier molecular flexibility index (Phi) is 4.14. The van der Waals surface area contributed by atoms with E-state index in [4.69, 9.17) is 0 Å². The molecule has 2 heterocycles. The van der Waals surface area contributed by atoms with E-state index in [2.05, 4.69) is 5.10 Å². The number of rotatable bonds is 3. The fraction of sp³-hybridized carbons (Fsp3) is 0.400. The molecule has 1 saturated heterocycles. The molecule has 0 aliphatic carbocycles. The number of aromatic nitrogens is 3. The second-order valence-electron chi connectivity index (χ2n) is 5.48. The quantitative estimate of drug-likeness (QED) is 0.803. The lowest BCUT2D eigenvalue weighted by Crippen LogP contribution is -2.50. The van der Waals surface area contributed by atoms with Gasteiger partial charge in [0.2, 0.25) is 5.91 Å². The lowest BCUT2D eigenvalue weighted by Gasteiger charge is -2.36. The number of amides is 1. The van der Waals surface area contributed by atoms with Gasteiger partial charge in [-0.05, 0) is 12.1 Å². The smallest absolute Gasteiger partial charge is 0.345 e. The van der Waals surface area contributed by atoms with E-state index in [-0.39, 0.29) is 24.0 Å².